The van der Waals surface area contributed by atoms with Crippen molar-refractivity contribution in [2.75, 3.05) is 38.2 Å². The number of aromatic nitrogens is 4. The molecule has 0 spiro atoms. The van der Waals surface area contributed by atoms with Crippen molar-refractivity contribution in [3.8, 4) is 22.9 Å². The highest BCUT2D eigenvalue weighted by Gasteiger charge is 2.19. The van der Waals surface area contributed by atoms with Crippen LogP contribution in [0.3, 0.4) is 0 Å². The zero-order valence-electron chi connectivity index (χ0n) is 18.8. The number of anilines is 1. The summed E-state index contributed by atoms with van der Waals surface area (Å²) < 4.78 is 6.96. The molecule has 0 radical (unpaired) electrons. The minimum absolute atomic E-state index is 0.566. The van der Waals surface area contributed by atoms with E-state index in [0.29, 0.717) is 5.56 Å². The summed E-state index contributed by atoms with van der Waals surface area (Å²) in [6.07, 6.45) is 7.21. The zero-order chi connectivity index (χ0) is 22.8. The Morgan fingerprint density at radius 3 is 2.55 bits per heavy atom. The maximum Gasteiger partial charge on any atom is 0.137 e. The van der Waals surface area contributed by atoms with Gasteiger partial charge in [-0.2, -0.15) is 10.4 Å². The van der Waals surface area contributed by atoms with Gasteiger partial charge in [-0.3, -0.25) is 9.88 Å². The van der Waals surface area contributed by atoms with E-state index in [-0.39, 0.29) is 0 Å². The molecule has 8 heteroatoms. The summed E-state index contributed by atoms with van der Waals surface area (Å²) in [5, 5.41) is 13.8. The molecule has 5 rings (SSSR count). The van der Waals surface area contributed by atoms with Gasteiger partial charge in [0.15, 0.2) is 0 Å². The number of methoxy groups -OCH3 is 1. The zero-order valence-corrected chi connectivity index (χ0v) is 18.8. The van der Waals surface area contributed by atoms with Crippen LogP contribution in [-0.2, 0) is 6.54 Å². The van der Waals surface area contributed by atoms with Crippen molar-refractivity contribution in [2.24, 2.45) is 0 Å². The summed E-state index contributed by atoms with van der Waals surface area (Å²) in [6, 6.07) is 12.4. The number of hydrogen-bond donors (Lipinski definition) is 0. The molecule has 1 aliphatic heterocycles. The summed E-state index contributed by atoms with van der Waals surface area (Å²) in [7, 11) is 1.65. The van der Waals surface area contributed by atoms with Gasteiger partial charge in [0.1, 0.15) is 17.6 Å². The second-order valence-corrected chi connectivity index (χ2v) is 8.25. The van der Waals surface area contributed by atoms with Crippen LogP contribution in [0.2, 0.25) is 0 Å². The molecular formula is C25H25N7O. The molecule has 0 aliphatic carbocycles. The maximum absolute atomic E-state index is 9.48. The third-order valence-corrected chi connectivity index (χ3v) is 6.04. The highest BCUT2D eigenvalue weighted by molar-refractivity contribution is 5.84. The smallest absolute Gasteiger partial charge is 0.137 e. The quantitative estimate of drug-likeness (QED) is 0.472. The van der Waals surface area contributed by atoms with Gasteiger partial charge in [0.05, 0.1) is 36.3 Å². The van der Waals surface area contributed by atoms with Gasteiger partial charge in [-0.05, 0) is 42.8 Å². The van der Waals surface area contributed by atoms with Crippen molar-refractivity contribution >= 4 is 11.3 Å². The van der Waals surface area contributed by atoms with E-state index >= 15 is 0 Å². The van der Waals surface area contributed by atoms with Gasteiger partial charge in [0.2, 0.25) is 0 Å². The molecule has 0 atom stereocenters. The lowest BCUT2D eigenvalue weighted by Crippen LogP contribution is -2.46. The van der Waals surface area contributed by atoms with E-state index in [1.807, 2.05) is 31.5 Å². The number of ether oxygens (including phenoxy) is 1. The van der Waals surface area contributed by atoms with Gasteiger partial charge >= 0.3 is 0 Å². The summed E-state index contributed by atoms with van der Waals surface area (Å²) in [5.74, 6) is 1.75. The Hall–Kier alpha value is -3.96. The number of rotatable bonds is 5. The van der Waals surface area contributed by atoms with Crippen molar-refractivity contribution in [1.29, 1.82) is 5.26 Å². The van der Waals surface area contributed by atoms with Gasteiger partial charge in [-0.1, -0.05) is 0 Å². The first-order valence-electron chi connectivity index (χ1n) is 11.0. The van der Waals surface area contributed by atoms with E-state index in [2.05, 4.69) is 44.2 Å². The van der Waals surface area contributed by atoms with E-state index in [9.17, 15) is 5.26 Å². The highest BCUT2D eigenvalue weighted by atomic mass is 16.5. The first kappa shape index (κ1) is 20.9. The number of aryl methyl sites for hydroxylation is 1. The molecule has 33 heavy (non-hydrogen) atoms. The number of pyridine rings is 3. The van der Waals surface area contributed by atoms with Crippen LogP contribution in [0.5, 0.6) is 5.75 Å². The predicted molar refractivity (Wildman–Crippen MR) is 126 cm³/mol. The Morgan fingerprint density at radius 2 is 1.88 bits per heavy atom. The number of nitriles is 1. The monoisotopic (exact) mass is 439 g/mol. The van der Waals surface area contributed by atoms with E-state index in [4.69, 9.17) is 9.72 Å². The molecule has 0 N–H and O–H groups in total. The fraction of sp³-hybridized carbons (Fsp3) is 0.280. The van der Waals surface area contributed by atoms with Crippen LogP contribution in [0.15, 0.2) is 55.1 Å². The third kappa shape index (κ3) is 4.23. The molecule has 4 aromatic rings. The largest absolute Gasteiger partial charge is 0.495 e. The van der Waals surface area contributed by atoms with Crippen molar-refractivity contribution in [3.05, 3.63) is 71.9 Å². The first-order valence-corrected chi connectivity index (χ1v) is 11.0. The van der Waals surface area contributed by atoms with Crippen molar-refractivity contribution in [1.82, 2.24) is 24.5 Å². The second-order valence-electron chi connectivity index (χ2n) is 8.25. The van der Waals surface area contributed by atoms with Crippen molar-refractivity contribution in [2.45, 2.75) is 13.5 Å². The molecule has 166 valence electrons. The SMILES string of the molecule is COc1ccc(CN2CCN(c3ccc(-c4cc(C)cn5ncc(C#N)c45)cn3)CC2)nc1. The van der Waals surface area contributed by atoms with Gasteiger partial charge in [0.25, 0.3) is 0 Å². The Balaban J connectivity index is 1.28. The highest BCUT2D eigenvalue weighted by Crippen LogP contribution is 2.29. The van der Waals surface area contributed by atoms with E-state index in [1.54, 1.807) is 24.0 Å². The summed E-state index contributed by atoms with van der Waals surface area (Å²) in [4.78, 5) is 13.9. The van der Waals surface area contributed by atoms with Crippen molar-refractivity contribution < 1.29 is 4.74 Å². The minimum atomic E-state index is 0.566. The van der Waals surface area contributed by atoms with Gasteiger partial charge < -0.3 is 9.64 Å². The molecule has 0 bridgehead atoms. The molecule has 4 aromatic heterocycles. The average molecular weight is 440 g/mol. The number of nitrogens with zero attached hydrogens (tertiary/aromatic N) is 7. The van der Waals surface area contributed by atoms with Crippen LogP contribution in [-0.4, -0.2) is 57.8 Å². The van der Waals surface area contributed by atoms with E-state index < -0.39 is 0 Å². The topological polar surface area (TPSA) is 82.6 Å². The molecule has 1 aliphatic rings. The maximum atomic E-state index is 9.48. The Bertz CT molecular complexity index is 1300. The second kappa shape index (κ2) is 8.88. The lowest BCUT2D eigenvalue weighted by molar-refractivity contribution is 0.246. The fourth-order valence-electron chi connectivity index (χ4n) is 4.28. The molecule has 0 amide bonds. The Morgan fingerprint density at radius 1 is 1.03 bits per heavy atom. The van der Waals surface area contributed by atoms with Crippen LogP contribution in [0.4, 0.5) is 5.82 Å². The molecule has 1 fully saturated rings. The normalized spacial score (nSPS) is 14.4. The Kier molecular flexibility index (Phi) is 5.63. The Labute approximate surface area is 192 Å². The molecule has 0 aromatic carbocycles. The van der Waals surface area contributed by atoms with Crippen LogP contribution in [0.1, 0.15) is 16.8 Å². The summed E-state index contributed by atoms with van der Waals surface area (Å²) in [6.45, 7) is 6.60. The number of piperazine rings is 1. The lowest BCUT2D eigenvalue weighted by atomic mass is 10.0. The van der Waals surface area contributed by atoms with E-state index in [0.717, 1.165) is 72.2 Å². The lowest BCUT2D eigenvalue weighted by Gasteiger charge is -2.35. The molecule has 5 heterocycles. The van der Waals surface area contributed by atoms with Gasteiger partial charge in [-0.15, -0.1) is 0 Å². The fourth-order valence-corrected chi connectivity index (χ4v) is 4.28. The first-order chi connectivity index (χ1) is 16.1. The van der Waals surface area contributed by atoms with Crippen LogP contribution >= 0.6 is 0 Å². The average Bonchev–Trinajstić information content (AvgIpc) is 3.27. The van der Waals surface area contributed by atoms with Crippen LogP contribution < -0.4 is 9.64 Å². The van der Waals surface area contributed by atoms with E-state index in [1.165, 1.54) is 0 Å². The molecular weight excluding hydrogens is 414 g/mol. The number of fused-ring (bicyclic) bond motifs is 1. The minimum Gasteiger partial charge on any atom is -0.495 e. The third-order valence-electron chi connectivity index (χ3n) is 6.04. The van der Waals surface area contributed by atoms with Crippen LogP contribution in [0, 0.1) is 18.3 Å². The van der Waals surface area contributed by atoms with Gasteiger partial charge in [0, 0.05) is 56.2 Å². The number of hydrogen-bond acceptors (Lipinski definition) is 7. The van der Waals surface area contributed by atoms with Gasteiger partial charge in [-0.25, -0.2) is 9.50 Å². The summed E-state index contributed by atoms with van der Waals surface area (Å²) in [5.41, 5.74) is 5.47. The molecule has 8 nitrogen and oxygen atoms in total. The summed E-state index contributed by atoms with van der Waals surface area (Å²) >= 11 is 0. The van der Waals surface area contributed by atoms with Crippen molar-refractivity contribution in [3.63, 3.8) is 0 Å². The molecule has 1 saturated heterocycles. The molecule has 0 saturated carbocycles. The standard InChI is InChI=1S/C25H25N7O/c1-18-11-23(25-20(12-26)14-29-32(25)16-18)19-3-6-24(28-13-19)31-9-7-30(8-10-31)17-21-4-5-22(33-2)15-27-21/h3-6,11,13-16H,7-10,17H2,1-2H3. The molecule has 0 unspecified atom stereocenters. The predicted octanol–water partition coefficient (Wildman–Crippen LogP) is 3.30. The van der Waals surface area contributed by atoms with Crippen LogP contribution in [0.25, 0.3) is 16.6 Å².